The minimum atomic E-state index is -1.09. The van der Waals surface area contributed by atoms with E-state index in [2.05, 4.69) is 5.32 Å². The fourth-order valence-corrected chi connectivity index (χ4v) is 3.66. The highest BCUT2D eigenvalue weighted by atomic mass is 16.5. The first kappa shape index (κ1) is 18.0. The number of benzene rings is 3. The molecule has 1 aliphatic heterocycles. The summed E-state index contributed by atoms with van der Waals surface area (Å²) in [6.45, 7) is 4.00. The molecule has 1 aliphatic rings. The number of carbonyl (C=O) groups is 2. The predicted molar refractivity (Wildman–Crippen MR) is 108 cm³/mol. The highest BCUT2D eigenvalue weighted by molar-refractivity contribution is 6.07. The van der Waals surface area contributed by atoms with Gasteiger partial charge in [0.25, 0.3) is 5.91 Å². The number of methoxy groups -OCH3 is 1. The van der Waals surface area contributed by atoms with Crippen LogP contribution in [-0.4, -0.2) is 23.9 Å². The standard InChI is InChI=1S/C23H22N2O3/c1-15-6-4-5-7-18(15)14-25-21(26)23(2,24-22(25)27)19-10-8-17-13-20(28-3)11-9-16(17)12-19/h4-13H,14H2,1-3H3,(H,24,27)/t23-/m1/s1. The summed E-state index contributed by atoms with van der Waals surface area (Å²) in [5.41, 5.74) is 1.68. The molecular weight excluding hydrogens is 352 g/mol. The average molecular weight is 374 g/mol. The Balaban J connectivity index is 1.68. The molecule has 0 saturated carbocycles. The van der Waals surface area contributed by atoms with Crippen molar-refractivity contribution in [2.24, 2.45) is 0 Å². The molecule has 1 heterocycles. The molecule has 28 heavy (non-hydrogen) atoms. The van der Waals surface area contributed by atoms with Crippen LogP contribution < -0.4 is 10.1 Å². The van der Waals surface area contributed by atoms with Crippen LogP contribution >= 0.6 is 0 Å². The van der Waals surface area contributed by atoms with Gasteiger partial charge < -0.3 is 10.1 Å². The summed E-state index contributed by atoms with van der Waals surface area (Å²) in [6, 6.07) is 19.0. The highest BCUT2D eigenvalue weighted by Gasteiger charge is 2.49. The molecule has 5 nitrogen and oxygen atoms in total. The summed E-state index contributed by atoms with van der Waals surface area (Å²) < 4.78 is 5.27. The number of aryl methyl sites for hydroxylation is 1. The Bertz CT molecular complexity index is 1090. The van der Waals surface area contributed by atoms with Crippen molar-refractivity contribution in [3.63, 3.8) is 0 Å². The van der Waals surface area contributed by atoms with E-state index in [1.807, 2.05) is 67.6 Å². The first-order valence-corrected chi connectivity index (χ1v) is 9.19. The molecule has 3 amide bonds. The molecule has 0 unspecified atom stereocenters. The van der Waals surface area contributed by atoms with E-state index in [1.54, 1.807) is 14.0 Å². The largest absolute Gasteiger partial charge is 0.497 e. The molecular formula is C23H22N2O3. The third-order valence-corrected chi connectivity index (χ3v) is 5.49. The Morgan fingerprint density at radius 3 is 2.46 bits per heavy atom. The van der Waals surface area contributed by atoms with E-state index in [9.17, 15) is 9.59 Å². The van der Waals surface area contributed by atoms with Crippen molar-refractivity contribution >= 4 is 22.7 Å². The molecule has 3 aromatic rings. The van der Waals surface area contributed by atoms with E-state index < -0.39 is 5.54 Å². The number of ether oxygens (including phenoxy) is 1. The van der Waals surface area contributed by atoms with Crippen LogP contribution in [0.1, 0.15) is 23.6 Å². The van der Waals surface area contributed by atoms with E-state index >= 15 is 0 Å². The molecule has 142 valence electrons. The van der Waals surface area contributed by atoms with Gasteiger partial charge in [0.2, 0.25) is 0 Å². The van der Waals surface area contributed by atoms with Crippen LogP contribution in [0.15, 0.2) is 60.7 Å². The third-order valence-electron chi connectivity index (χ3n) is 5.49. The average Bonchev–Trinajstić information content (AvgIpc) is 2.92. The van der Waals surface area contributed by atoms with Crippen LogP contribution in [0.2, 0.25) is 0 Å². The van der Waals surface area contributed by atoms with E-state index in [4.69, 9.17) is 4.74 Å². The fraction of sp³-hybridized carbons (Fsp3) is 0.217. The van der Waals surface area contributed by atoms with Crippen LogP contribution in [0.25, 0.3) is 10.8 Å². The van der Waals surface area contributed by atoms with Gasteiger partial charge in [0.1, 0.15) is 11.3 Å². The third kappa shape index (κ3) is 2.89. The zero-order valence-electron chi connectivity index (χ0n) is 16.2. The highest BCUT2D eigenvalue weighted by Crippen LogP contribution is 2.32. The summed E-state index contributed by atoms with van der Waals surface area (Å²) in [4.78, 5) is 27.1. The number of urea groups is 1. The van der Waals surface area contributed by atoms with Crippen molar-refractivity contribution in [2.45, 2.75) is 25.9 Å². The molecule has 1 fully saturated rings. The normalized spacial score (nSPS) is 19.2. The summed E-state index contributed by atoms with van der Waals surface area (Å²) in [6.07, 6.45) is 0. The molecule has 0 radical (unpaired) electrons. The van der Waals surface area contributed by atoms with Gasteiger partial charge in [-0.2, -0.15) is 0 Å². The van der Waals surface area contributed by atoms with Crippen LogP contribution in [-0.2, 0) is 16.9 Å². The quantitative estimate of drug-likeness (QED) is 0.699. The lowest BCUT2D eigenvalue weighted by molar-refractivity contribution is -0.131. The predicted octanol–water partition coefficient (Wildman–Crippen LogP) is 4.12. The molecule has 3 aromatic carbocycles. The van der Waals surface area contributed by atoms with Crippen molar-refractivity contribution in [3.8, 4) is 5.75 Å². The van der Waals surface area contributed by atoms with Gasteiger partial charge >= 0.3 is 6.03 Å². The number of nitrogens with one attached hydrogen (secondary N) is 1. The summed E-state index contributed by atoms with van der Waals surface area (Å²) in [5, 5.41) is 4.89. The molecule has 1 saturated heterocycles. The van der Waals surface area contributed by atoms with E-state index in [1.165, 1.54) is 4.90 Å². The zero-order chi connectivity index (χ0) is 19.9. The molecule has 4 rings (SSSR count). The van der Waals surface area contributed by atoms with E-state index in [-0.39, 0.29) is 18.5 Å². The molecule has 0 bridgehead atoms. The number of amides is 3. The lowest BCUT2D eigenvalue weighted by Gasteiger charge is -2.23. The Kier molecular flexibility index (Phi) is 4.30. The second-order valence-corrected chi connectivity index (χ2v) is 7.30. The lowest BCUT2D eigenvalue weighted by Crippen LogP contribution is -2.40. The van der Waals surface area contributed by atoms with Gasteiger partial charge in [-0.15, -0.1) is 0 Å². The van der Waals surface area contributed by atoms with Crippen molar-refractivity contribution in [3.05, 3.63) is 77.4 Å². The second kappa shape index (κ2) is 6.68. The number of nitrogens with zero attached hydrogens (tertiary/aromatic N) is 1. The summed E-state index contributed by atoms with van der Waals surface area (Å²) in [5.74, 6) is 0.537. The topological polar surface area (TPSA) is 58.6 Å². The van der Waals surface area contributed by atoms with E-state index in [0.717, 1.165) is 33.2 Å². The minimum absolute atomic E-state index is 0.242. The van der Waals surface area contributed by atoms with Crippen molar-refractivity contribution in [2.75, 3.05) is 7.11 Å². The SMILES string of the molecule is COc1ccc2cc([C@@]3(C)NC(=O)N(Cc4ccccc4C)C3=O)ccc2c1. The number of hydrogen-bond donors (Lipinski definition) is 1. The monoisotopic (exact) mass is 374 g/mol. The smallest absolute Gasteiger partial charge is 0.325 e. The number of rotatable bonds is 4. The van der Waals surface area contributed by atoms with Gasteiger partial charge in [0, 0.05) is 0 Å². The second-order valence-electron chi connectivity index (χ2n) is 7.30. The molecule has 5 heteroatoms. The fourth-order valence-electron chi connectivity index (χ4n) is 3.66. The Morgan fingerprint density at radius 2 is 1.71 bits per heavy atom. The van der Waals surface area contributed by atoms with Gasteiger partial charge in [0.15, 0.2) is 0 Å². The number of carbonyl (C=O) groups excluding carboxylic acids is 2. The molecule has 1 atom stereocenters. The Labute approximate surface area is 163 Å². The first-order valence-electron chi connectivity index (χ1n) is 9.19. The van der Waals surface area contributed by atoms with Gasteiger partial charge in [-0.05, 0) is 59.5 Å². The molecule has 0 aliphatic carbocycles. The van der Waals surface area contributed by atoms with Gasteiger partial charge in [0.05, 0.1) is 13.7 Å². The zero-order valence-corrected chi connectivity index (χ0v) is 16.2. The number of hydrogen-bond acceptors (Lipinski definition) is 3. The van der Waals surface area contributed by atoms with Crippen LogP contribution in [0.3, 0.4) is 0 Å². The minimum Gasteiger partial charge on any atom is -0.497 e. The van der Waals surface area contributed by atoms with Crippen molar-refractivity contribution < 1.29 is 14.3 Å². The van der Waals surface area contributed by atoms with Crippen LogP contribution in [0.5, 0.6) is 5.75 Å². The van der Waals surface area contributed by atoms with E-state index in [0.29, 0.717) is 0 Å². The summed E-state index contributed by atoms with van der Waals surface area (Å²) >= 11 is 0. The Morgan fingerprint density at radius 1 is 1.00 bits per heavy atom. The lowest BCUT2D eigenvalue weighted by atomic mass is 9.90. The van der Waals surface area contributed by atoms with Crippen LogP contribution in [0.4, 0.5) is 4.79 Å². The maximum atomic E-state index is 13.2. The van der Waals surface area contributed by atoms with Gasteiger partial charge in [-0.3, -0.25) is 9.69 Å². The Hall–Kier alpha value is -3.34. The van der Waals surface area contributed by atoms with Crippen LogP contribution in [0, 0.1) is 6.92 Å². The van der Waals surface area contributed by atoms with Gasteiger partial charge in [-0.25, -0.2) is 4.79 Å². The maximum absolute atomic E-state index is 13.2. The molecule has 1 N–H and O–H groups in total. The van der Waals surface area contributed by atoms with Gasteiger partial charge in [-0.1, -0.05) is 42.5 Å². The first-order chi connectivity index (χ1) is 13.4. The number of fused-ring (bicyclic) bond motifs is 1. The summed E-state index contributed by atoms with van der Waals surface area (Å²) in [7, 11) is 1.63. The van der Waals surface area contributed by atoms with Crippen molar-refractivity contribution in [1.82, 2.24) is 10.2 Å². The maximum Gasteiger partial charge on any atom is 0.325 e. The molecule has 0 aromatic heterocycles. The van der Waals surface area contributed by atoms with Crippen molar-refractivity contribution in [1.29, 1.82) is 0 Å². The number of imide groups is 1. The molecule has 0 spiro atoms.